The van der Waals surface area contributed by atoms with Gasteiger partial charge in [0.2, 0.25) is 11.8 Å². The molecule has 18 heteroatoms. The zero-order valence-electron chi connectivity index (χ0n) is 28.4. The van der Waals surface area contributed by atoms with Crippen molar-refractivity contribution in [2.45, 2.75) is 56.2 Å². The number of anilines is 4. The van der Waals surface area contributed by atoms with Crippen LogP contribution in [0.3, 0.4) is 0 Å². The monoisotopic (exact) mass is 763 g/mol. The van der Waals surface area contributed by atoms with Crippen LogP contribution in [0.5, 0.6) is 11.5 Å². The summed E-state index contributed by atoms with van der Waals surface area (Å²) < 4.78 is 62.6. The number of rotatable bonds is 9. The first-order valence-electron chi connectivity index (χ1n) is 15.6. The predicted octanol–water partition coefficient (Wildman–Crippen LogP) is 6.92. The number of amides is 2. The lowest BCUT2D eigenvalue weighted by Crippen LogP contribution is -2.32. The van der Waals surface area contributed by atoms with E-state index >= 15 is 0 Å². The molecule has 1 aromatic heterocycles. The van der Waals surface area contributed by atoms with E-state index in [1.807, 2.05) is 0 Å². The zero-order chi connectivity index (χ0) is 37.7. The van der Waals surface area contributed by atoms with Gasteiger partial charge in [-0.1, -0.05) is 19.9 Å². The van der Waals surface area contributed by atoms with E-state index in [1.54, 1.807) is 27.7 Å². The highest BCUT2D eigenvalue weighted by Crippen LogP contribution is 2.51. The second-order valence-electron chi connectivity index (χ2n) is 12.9. The topological polar surface area (TPSA) is 229 Å². The molecule has 0 bridgehead atoms. The van der Waals surface area contributed by atoms with Crippen LogP contribution in [0.25, 0.3) is 10.9 Å². The molecule has 0 unspecified atom stereocenters. The number of fused-ring (bicyclic) bond motifs is 2. The molecule has 6 rings (SSSR count). The summed E-state index contributed by atoms with van der Waals surface area (Å²) in [6.45, 7) is 8.38. The van der Waals surface area contributed by atoms with Crippen molar-refractivity contribution in [1.29, 1.82) is 0 Å². The van der Waals surface area contributed by atoms with Gasteiger partial charge in [0.15, 0.2) is 5.00 Å². The van der Waals surface area contributed by atoms with E-state index in [1.165, 1.54) is 61.5 Å². The number of hydrogen-bond acceptors (Lipinski definition) is 12. The Labute approximate surface area is 303 Å². The number of aryl methyl sites for hydroxylation is 2. The molecule has 270 valence electrons. The molecule has 0 radical (unpaired) electrons. The molecule has 0 atom stereocenters. The normalized spacial score (nSPS) is 14.2. The third-order valence-corrected chi connectivity index (χ3v) is 11.9. The first-order chi connectivity index (χ1) is 24.3. The van der Waals surface area contributed by atoms with Crippen molar-refractivity contribution in [3.63, 3.8) is 0 Å². The Balaban J connectivity index is 1.30. The minimum atomic E-state index is -4.27. The summed E-state index contributed by atoms with van der Waals surface area (Å²) in [5, 5.41) is 35.8. The molecule has 6 N–H and O–H groups in total. The Morgan fingerprint density at radius 3 is 2.33 bits per heavy atom. The van der Waals surface area contributed by atoms with Crippen molar-refractivity contribution < 1.29 is 36.6 Å². The van der Waals surface area contributed by atoms with Crippen LogP contribution in [-0.4, -0.2) is 43.2 Å². The van der Waals surface area contributed by atoms with E-state index < -0.39 is 31.4 Å². The smallest absolute Gasteiger partial charge is 0.262 e. The summed E-state index contributed by atoms with van der Waals surface area (Å²) in [6.07, 6.45) is 0.0765. The Morgan fingerprint density at radius 1 is 0.904 bits per heavy atom. The number of phenolic OH excluding ortho intramolecular Hbond substituents is 2. The van der Waals surface area contributed by atoms with Gasteiger partial charge in [0.25, 0.3) is 20.0 Å². The fourth-order valence-electron chi connectivity index (χ4n) is 5.75. The molecule has 15 nitrogen and oxygen atoms in total. The summed E-state index contributed by atoms with van der Waals surface area (Å²) in [5.41, 5.74) is 1.91. The molecule has 0 fully saturated rings. The van der Waals surface area contributed by atoms with E-state index in [9.17, 15) is 36.6 Å². The quantitative estimate of drug-likeness (QED) is 0.0675. The minimum Gasteiger partial charge on any atom is -0.506 e. The third-order valence-electron chi connectivity index (χ3n) is 8.37. The van der Waals surface area contributed by atoms with Crippen molar-refractivity contribution >= 4 is 87.7 Å². The summed E-state index contributed by atoms with van der Waals surface area (Å²) in [4.78, 5) is 24.0. The van der Waals surface area contributed by atoms with E-state index in [0.29, 0.717) is 16.5 Å². The van der Waals surface area contributed by atoms with Crippen LogP contribution in [0.4, 0.5) is 33.4 Å². The Morgan fingerprint density at radius 2 is 1.60 bits per heavy atom. The minimum absolute atomic E-state index is 0.0215. The molecule has 4 aromatic carbocycles. The summed E-state index contributed by atoms with van der Waals surface area (Å²) >= 11 is 0.945. The number of azo groups is 1. The Hall–Kier alpha value is -5.59. The van der Waals surface area contributed by atoms with Gasteiger partial charge in [0.1, 0.15) is 17.2 Å². The van der Waals surface area contributed by atoms with E-state index in [0.717, 1.165) is 28.7 Å². The zero-order valence-corrected chi connectivity index (χ0v) is 30.8. The highest BCUT2D eigenvalue weighted by Gasteiger charge is 2.37. The fourth-order valence-corrected chi connectivity index (χ4v) is 8.62. The van der Waals surface area contributed by atoms with Gasteiger partial charge in [-0.2, -0.15) is 4.37 Å². The summed E-state index contributed by atoms with van der Waals surface area (Å²) in [7, 11) is -8.50. The molecule has 2 amide bonds. The number of aromatic hydroxyl groups is 2. The van der Waals surface area contributed by atoms with Crippen LogP contribution in [-0.2, 0) is 35.1 Å². The first-order valence-corrected chi connectivity index (χ1v) is 19.3. The maximum absolute atomic E-state index is 13.6. The molecule has 0 aliphatic carbocycles. The van der Waals surface area contributed by atoms with Gasteiger partial charge in [-0.3, -0.25) is 19.0 Å². The van der Waals surface area contributed by atoms with Crippen LogP contribution in [0, 0.1) is 13.8 Å². The van der Waals surface area contributed by atoms with Crippen molar-refractivity contribution in [1.82, 2.24) is 4.37 Å². The summed E-state index contributed by atoms with van der Waals surface area (Å²) in [5.74, 6) is -1.20. The number of benzene rings is 4. The average molecular weight is 764 g/mol. The van der Waals surface area contributed by atoms with Crippen molar-refractivity contribution in [2.75, 3.05) is 20.1 Å². The van der Waals surface area contributed by atoms with Crippen LogP contribution < -0.4 is 20.1 Å². The van der Waals surface area contributed by atoms with E-state index in [2.05, 4.69) is 34.7 Å². The molecule has 0 spiro atoms. The number of nitrogens with one attached hydrogen (secondary N) is 4. The number of sulfonamides is 2. The lowest BCUT2D eigenvalue weighted by molar-refractivity contribution is -0.117. The maximum Gasteiger partial charge on any atom is 0.262 e. The molecule has 0 saturated heterocycles. The molecule has 1 aliphatic heterocycles. The molecule has 5 aromatic rings. The Bertz CT molecular complexity index is 2570. The second kappa shape index (κ2) is 13.2. The van der Waals surface area contributed by atoms with Gasteiger partial charge < -0.3 is 20.8 Å². The van der Waals surface area contributed by atoms with Gasteiger partial charge in [0, 0.05) is 29.7 Å². The first kappa shape index (κ1) is 36.2. The maximum atomic E-state index is 13.6. The van der Waals surface area contributed by atoms with Crippen molar-refractivity contribution in [3.8, 4) is 11.5 Å². The number of phenols is 2. The highest BCUT2D eigenvalue weighted by atomic mass is 32.2. The highest BCUT2D eigenvalue weighted by molar-refractivity contribution is 7.93. The second-order valence-corrected chi connectivity index (χ2v) is 17.0. The SMILES string of the molecule is CC(=O)Nc1cc(N=Nc2snc3ccc(S(=O)(=O)Nc4cccc(S(=O)(=O)Nc5cc(C)c(C)cc5O)c4)cc23)c2c(c1O)C(C)(C)CC(=O)N2. The van der Waals surface area contributed by atoms with Crippen molar-refractivity contribution in [2.24, 2.45) is 10.2 Å². The summed E-state index contributed by atoms with van der Waals surface area (Å²) in [6, 6.07) is 13.7. The van der Waals surface area contributed by atoms with Gasteiger partial charge in [-0.25, -0.2) is 16.8 Å². The predicted molar refractivity (Wildman–Crippen MR) is 198 cm³/mol. The van der Waals surface area contributed by atoms with Crippen LogP contribution in [0.15, 0.2) is 80.7 Å². The van der Waals surface area contributed by atoms with Crippen LogP contribution >= 0.6 is 11.5 Å². The standard InChI is InChI=1S/C34H33N7O8S3/c1-17-11-25(28(43)12-18(17)2)41-52(48,49)21-8-6-7-20(13-21)40-51(46,47)22-9-10-24-23(14-22)33(50-39-24)38-37-26-15-27(35-19(3)42)32(45)30-31(26)36-29(44)16-34(30,4)5/h6-15,40-41,43,45H,16H2,1-5H3,(H,35,42)(H,36,44). The largest absolute Gasteiger partial charge is 0.506 e. The fraction of sp³-hybridized carbons (Fsp3) is 0.206. The number of carbonyl (C=O) groups excluding carboxylic acids is 2. The number of hydrogen-bond donors (Lipinski definition) is 6. The van der Waals surface area contributed by atoms with Crippen molar-refractivity contribution in [3.05, 3.63) is 77.4 Å². The van der Waals surface area contributed by atoms with Crippen LogP contribution in [0.2, 0.25) is 0 Å². The molecule has 2 heterocycles. The lowest BCUT2D eigenvalue weighted by atomic mass is 9.76. The molecule has 52 heavy (non-hydrogen) atoms. The van der Waals surface area contributed by atoms with Crippen LogP contribution in [0.1, 0.15) is 43.9 Å². The Kier molecular flexibility index (Phi) is 9.18. The number of nitrogens with zero attached hydrogens (tertiary/aromatic N) is 3. The molecule has 0 saturated carbocycles. The van der Waals surface area contributed by atoms with Gasteiger partial charge in [-0.15, -0.1) is 10.2 Å². The molecular weight excluding hydrogens is 731 g/mol. The van der Waals surface area contributed by atoms with E-state index in [4.69, 9.17) is 0 Å². The van der Waals surface area contributed by atoms with Gasteiger partial charge in [0.05, 0.1) is 38.1 Å². The number of carbonyl (C=O) groups is 2. The van der Waals surface area contributed by atoms with Gasteiger partial charge in [-0.05, 0) is 91.1 Å². The average Bonchev–Trinajstić information content (AvgIpc) is 3.45. The lowest BCUT2D eigenvalue weighted by Gasteiger charge is -2.33. The molecule has 1 aliphatic rings. The number of aromatic nitrogens is 1. The third kappa shape index (κ3) is 7.12. The van der Waals surface area contributed by atoms with Gasteiger partial charge >= 0.3 is 0 Å². The van der Waals surface area contributed by atoms with E-state index in [-0.39, 0.29) is 67.1 Å². The molecular formula is C34H33N7O8S3.